The highest BCUT2D eigenvalue weighted by molar-refractivity contribution is 5.95. The highest BCUT2D eigenvalue weighted by Gasteiger charge is 2.24. The normalized spacial score (nSPS) is 14.8. The topological polar surface area (TPSA) is 92.9 Å². The second-order valence-corrected chi connectivity index (χ2v) is 3.72. The quantitative estimate of drug-likeness (QED) is 0.761. The molecule has 2 rings (SSSR count). The summed E-state index contributed by atoms with van der Waals surface area (Å²) in [4.78, 5) is 23.8. The number of amides is 1. The van der Waals surface area contributed by atoms with Gasteiger partial charge in [-0.05, 0) is 11.6 Å². The van der Waals surface area contributed by atoms with Gasteiger partial charge in [0.2, 0.25) is 0 Å². The van der Waals surface area contributed by atoms with Crippen LogP contribution in [0.4, 0.5) is 10.5 Å². The van der Waals surface area contributed by atoms with Crippen LogP contribution in [0.5, 0.6) is 0 Å². The van der Waals surface area contributed by atoms with Crippen LogP contribution in [0.25, 0.3) is 0 Å². The molecule has 1 heterocycles. The Hall–Kier alpha value is -2.24. The average Bonchev–Trinajstić information content (AvgIpc) is 2.64. The lowest BCUT2D eigenvalue weighted by Crippen LogP contribution is -2.25. The summed E-state index contributed by atoms with van der Waals surface area (Å²) in [7, 11) is 0. The number of hydrogen-bond donors (Lipinski definition) is 2. The first-order chi connectivity index (χ1) is 8.09. The van der Waals surface area contributed by atoms with Crippen LogP contribution in [0, 0.1) is 0 Å². The van der Waals surface area contributed by atoms with Gasteiger partial charge in [0.25, 0.3) is 0 Å². The number of carboxylic acid groups (broad SMARTS) is 1. The minimum atomic E-state index is -1.09. The smallest absolute Gasteiger partial charge is 0.410 e. The van der Waals surface area contributed by atoms with Gasteiger partial charge >= 0.3 is 12.1 Å². The van der Waals surface area contributed by atoms with Crippen LogP contribution >= 0.6 is 0 Å². The van der Waals surface area contributed by atoms with E-state index in [1.165, 1.54) is 11.0 Å². The van der Waals surface area contributed by atoms with E-state index in [1.807, 2.05) is 0 Å². The van der Waals surface area contributed by atoms with Gasteiger partial charge in [-0.2, -0.15) is 0 Å². The highest BCUT2D eigenvalue weighted by Crippen LogP contribution is 2.20. The Bertz CT molecular complexity index is 473. The third kappa shape index (κ3) is 2.15. The molecule has 1 amide bonds. The summed E-state index contributed by atoms with van der Waals surface area (Å²) in [6, 6.07) is 4.83. The zero-order valence-electron chi connectivity index (χ0n) is 9.05. The lowest BCUT2D eigenvalue weighted by Gasteiger charge is -2.15. The predicted octanol–water partition coefficient (Wildman–Crippen LogP) is 0.919. The van der Waals surface area contributed by atoms with Crippen molar-refractivity contribution in [3.8, 4) is 0 Å². The van der Waals surface area contributed by atoms with E-state index in [0.717, 1.165) is 0 Å². The number of nitrogen functional groups attached to an aromatic ring is 1. The number of anilines is 1. The van der Waals surface area contributed by atoms with Crippen LogP contribution in [0.2, 0.25) is 0 Å². The van der Waals surface area contributed by atoms with Gasteiger partial charge < -0.3 is 20.5 Å². The third-order valence-corrected chi connectivity index (χ3v) is 2.60. The van der Waals surface area contributed by atoms with E-state index in [9.17, 15) is 9.59 Å². The molecule has 0 aromatic heterocycles. The number of nitrogens with zero attached hydrogens (tertiary/aromatic N) is 1. The summed E-state index contributed by atoms with van der Waals surface area (Å²) in [6.45, 7) is 1.00. The number of nitrogens with two attached hydrogens (primary N) is 1. The zero-order chi connectivity index (χ0) is 12.4. The maximum atomic E-state index is 11.3. The minimum Gasteiger partial charge on any atom is -0.478 e. The van der Waals surface area contributed by atoms with E-state index >= 15 is 0 Å². The molecule has 1 aliphatic heterocycles. The minimum absolute atomic E-state index is 0.0483. The van der Waals surface area contributed by atoms with Gasteiger partial charge in [0.05, 0.1) is 18.7 Å². The zero-order valence-corrected chi connectivity index (χ0v) is 9.05. The monoisotopic (exact) mass is 236 g/mol. The molecule has 0 atom stereocenters. The van der Waals surface area contributed by atoms with Crippen LogP contribution in [-0.2, 0) is 11.3 Å². The molecular formula is C11H12N2O4. The van der Waals surface area contributed by atoms with Gasteiger partial charge in [0.1, 0.15) is 6.61 Å². The Morgan fingerprint density at radius 1 is 1.53 bits per heavy atom. The largest absolute Gasteiger partial charge is 0.478 e. The first-order valence-corrected chi connectivity index (χ1v) is 5.12. The van der Waals surface area contributed by atoms with E-state index in [1.54, 1.807) is 12.1 Å². The molecule has 0 spiro atoms. The first-order valence-electron chi connectivity index (χ1n) is 5.12. The number of carboxylic acids is 1. The van der Waals surface area contributed by atoms with E-state index in [-0.39, 0.29) is 17.8 Å². The van der Waals surface area contributed by atoms with Gasteiger partial charge in [-0.1, -0.05) is 12.1 Å². The van der Waals surface area contributed by atoms with Crippen molar-refractivity contribution in [3.05, 3.63) is 29.3 Å². The van der Waals surface area contributed by atoms with Gasteiger partial charge in [-0.3, -0.25) is 0 Å². The molecule has 1 fully saturated rings. The molecule has 1 aliphatic rings. The Morgan fingerprint density at radius 2 is 2.29 bits per heavy atom. The van der Waals surface area contributed by atoms with Crippen molar-refractivity contribution in [1.29, 1.82) is 0 Å². The number of hydrogen-bond acceptors (Lipinski definition) is 4. The first kappa shape index (κ1) is 11.3. The predicted molar refractivity (Wildman–Crippen MR) is 59.6 cm³/mol. The third-order valence-electron chi connectivity index (χ3n) is 2.60. The number of carbonyl (C=O) groups is 2. The number of ether oxygens (including phenoxy) is 1. The SMILES string of the molecule is Nc1cccc(CN2CCOC2=O)c1C(=O)O. The fourth-order valence-corrected chi connectivity index (χ4v) is 1.79. The van der Waals surface area contributed by atoms with Crippen LogP contribution in [0.3, 0.4) is 0 Å². The summed E-state index contributed by atoms with van der Waals surface area (Å²) in [5.74, 6) is -1.09. The molecule has 90 valence electrons. The molecule has 1 aromatic carbocycles. The second kappa shape index (κ2) is 4.32. The standard InChI is InChI=1S/C11H12N2O4/c12-8-3-1-2-7(9(8)10(14)15)6-13-4-5-17-11(13)16/h1-3H,4-6,12H2,(H,14,15). The lowest BCUT2D eigenvalue weighted by molar-refractivity contribution is 0.0695. The summed E-state index contributed by atoms with van der Waals surface area (Å²) >= 11 is 0. The molecule has 1 aromatic rings. The molecule has 6 heteroatoms. The molecule has 0 unspecified atom stereocenters. The molecule has 0 radical (unpaired) electrons. The van der Waals surface area contributed by atoms with Crippen LogP contribution in [0.15, 0.2) is 18.2 Å². The van der Waals surface area contributed by atoms with Crippen molar-refractivity contribution in [2.24, 2.45) is 0 Å². The molecule has 1 saturated heterocycles. The van der Waals surface area contributed by atoms with E-state index in [4.69, 9.17) is 15.6 Å². The molecule has 17 heavy (non-hydrogen) atoms. The van der Waals surface area contributed by atoms with Crippen molar-refractivity contribution < 1.29 is 19.4 Å². The molecular weight excluding hydrogens is 224 g/mol. The molecule has 0 aliphatic carbocycles. The van der Waals surface area contributed by atoms with Gasteiger partial charge in [-0.25, -0.2) is 9.59 Å². The number of benzene rings is 1. The Kier molecular flexibility index (Phi) is 2.86. The molecule has 0 bridgehead atoms. The fraction of sp³-hybridized carbons (Fsp3) is 0.273. The van der Waals surface area contributed by atoms with Crippen molar-refractivity contribution in [3.63, 3.8) is 0 Å². The fourth-order valence-electron chi connectivity index (χ4n) is 1.79. The number of cyclic esters (lactones) is 1. The van der Waals surface area contributed by atoms with E-state index in [2.05, 4.69) is 0 Å². The van der Waals surface area contributed by atoms with Crippen LogP contribution in [0.1, 0.15) is 15.9 Å². The number of rotatable bonds is 3. The van der Waals surface area contributed by atoms with Crippen molar-refractivity contribution in [1.82, 2.24) is 4.90 Å². The van der Waals surface area contributed by atoms with Crippen LogP contribution < -0.4 is 5.73 Å². The van der Waals surface area contributed by atoms with Gasteiger partial charge in [0, 0.05) is 5.69 Å². The van der Waals surface area contributed by atoms with E-state index in [0.29, 0.717) is 18.7 Å². The van der Waals surface area contributed by atoms with E-state index < -0.39 is 12.1 Å². The number of aromatic carboxylic acids is 1. The molecule has 3 N–H and O–H groups in total. The maximum absolute atomic E-state index is 11.3. The van der Waals surface area contributed by atoms with Gasteiger partial charge in [0.15, 0.2) is 0 Å². The molecule has 6 nitrogen and oxygen atoms in total. The molecule has 0 saturated carbocycles. The average molecular weight is 236 g/mol. The van der Waals surface area contributed by atoms with Crippen molar-refractivity contribution >= 4 is 17.7 Å². The summed E-state index contributed by atoms with van der Waals surface area (Å²) < 4.78 is 4.78. The Labute approximate surface area is 97.6 Å². The number of carbonyl (C=O) groups excluding carboxylic acids is 1. The van der Waals surface area contributed by atoms with Crippen LogP contribution in [-0.4, -0.2) is 35.2 Å². The summed E-state index contributed by atoms with van der Waals surface area (Å²) in [5, 5.41) is 9.07. The Morgan fingerprint density at radius 3 is 2.88 bits per heavy atom. The summed E-state index contributed by atoms with van der Waals surface area (Å²) in [5.41, 5.74) is 6.37. The lowest BCUT2D eigenvalue weighted by atomic mass is 10.1. The van der Waals surface area contributed by atoms with Gasteiger partial charge in [-0.15, -0.1) is 0 Å². The highest BCUT2D eigenvalue weighted by atomic mass is 16.6. The second-order valence-electron chi connectivity index (χ2n) is 3.72. The van der Waals surface area contributed by atoms with Crippen molar-refractivity contribution in [2.75, 3.05) is 18.9 Å². The maximum Gasteiger partial charge on any atom is 0.410 e. The van der Waals surface area contributed by atoms with Crippen molar-refractivity contribution in [2.45, 2.75) is 6.54 Å². The summed E-state index contributed by atoms with van der Waals surface area (Å²) in [6.07, 6.45) is -0.427. The Balaban J connectivity index is 2.29.